The number of carbonyl (C=O) groups excluding carboxylic acids is 1. The van der Waals surface area contributed by atoms with Gasteiger partial charge in [0.1, 0.15) is 0 Å². The average Bonchev–Trinajstić information content (AvgIpc) is 2.89. The van der Waals surface area contributed by atoms with Gasteiger partial charge in [-0.2, -0.15) is 5.26 Å². The maximum absolute atomic E-state index is 12.8. The van der Waals surface area contributed by atoms with Gasteiger partial charge < -0.3 is 5.32 Å². The summed E-state index contributed by atoms with van der Waals surface area (Å²) >= 11 is 0. The summed E-state index contributed by atoms with van der Waals surface area (Å²) in [6.45, 7) is 5.06. The minimum Gasteiger partial charge on any atom is -0.326 e. The molecule has 0 heterocycles. The Morgan fingerprint density at radius 1 is 0.784 bits per heavy atom. The molecule has 0 saturated heterocycles. The lowest BCUT2D eigenvalue weighted by atomic mass is 9.86. The molecule has 3 aromatic rings. The number of hydrogen-bond donors (Lipinski definition) is 2. The molecular formula is C30H33N3O3S. The topological polar surface area (TPSA) is 99.1 Å². The molecule has 192 valence electrons. The number of benzene rings is 3. The molecular weight excluding hydrogens is 482 g/mol. The lowest BCUT2D eigenvalue weighted by Crippen LogP contribution is -2.46. The second-order valence-corrected chi connectivity index (χ2v) is 13.1. The number of hydrogen-bond acceptors (Lipinski definition) is 4. The molecule has 1 saturated carbocycles. The minimum absolute atomic E-state index is 0.0170. The summed E-state index contributed by atoms with van der Waals surface area (Å²) in [6, 6.07) is 25.6. The lowest BCUT2D eigenvalue weighted by molar-refractivity contribution is -0.120. The third-order valence-corrected chi connectivity index (χ3v) is 9.20. The van der Waals surface area contributed by atoms with Crippen molar-refractivity contribution in [2.45, 2.75) is 57.2 Å². The first-order valence-electron chi connectivity index (χ1n) is 12.6. The Labute approximate surface area is 219 Å². The van der Waals surface area contributed by atoms with Crippen molar-refractivity contribution >= 4 is 21.6 Å². The molecule has 0 bridgehead atoms. The van der Waals surface area contributed by atoms with Gasteiger partial charge in [-0.25, -0.2) is 13.1 Å². The molecule has 0 atom stereocenters. The first-order valence-corrected chi connectivity index (χ1v) is 14.1. The molecule has 2 N–H and O–H groups in total. The van der Waals surface area contributed by atoms with Crippen LogP contribution in [0.3, 0.4) is 0 Å². The Balaban J connectivity index is 1.31. The summed E-state index contributed by atoms with van der Waals surface area (Å²) < 4.78 is 26.8. The van der Waals surface area contributed by atoms with Crippen LogP contribution in [0.4, 0.5) is 5.69 Å². The van der Waals surface area contributed by atoms with E-state index in [1.807, 2.05) is 48.5 Å². The molecule has 1 amide bonds. The standard InChI is InChI=1S/C30H33N3O3S/c1-30(2,3)37(35,36)33-28-18-14-26(15-19-28)29(34)32-27-16-12-25(13-17-27)24-10-8-23(9-11-24)22-6-4-21(20-31)5-7-22/h4-13,16-17,26,28,33H,14-15,18-19H2,1-3H3,(H,32,34). The van der Waals surface area contributed by atoms with E-state index in [0.717, 1.165) is 27.9 Å². The SMILES string of the molecule is CC(C)(C)S(=O)(=O)NC1CCC(C(=O)Nc2ccc(-c3ccc(-c4ccc(C#N)cc4)cc3)cc2)CC1. The molecule has 6 nitrogen and oxygen atoms in total. The summed E-state index contributed by atoms with van der Waals surface area (Å²) in [4.78, 5) is 12.8. The molecule has 0 radical (unpaired) electrons. The zero-order chi connectivity index (χ0) is 26.6. The Bertz CT molecular complexity index is 1370. The predicted octanol–water partition coefficient (Wildman–Crippen LogP) is 6.11. The van der Waals surface area contributed by atoms with Gasteiger partial charge >= 0.3 is 0 Å². The average molecular weight is 516 g/mol. The van der Waals surface area contributed by atoms with Gasteiger partial charge in [0.2, 0.25) is 15.9 Å². The highest BCUT2D eigenvalue weighted by Crippen LogP contribution is 2.29. The van der Waals surface area contributed by atoms with Gasteiger partial charge in [0.05, 0.1) is 16.4 Å². The monoisotopic (exact) mass is 515 g/mol. The summed E-state index contributed by atoms with van der Waals surface area (Å²) in [5.41, 5.74) is 5.66. The quantitative estimate of drug-likeness (QED) is 0.414. The lowest BCUT2D eigenvalue weighted by Gasteiger charge is -2.30. The van der Waals surface area contributed by atoms with Crippen LogP contribution in [0.15, 0.2) is 72.8 Å². The second-order valence-electron chi connectivity index (χ2n) is 10.6. The zero-order valence-electron chi connectivity index (χ0n) is 21.5. The smallest absolute Gasteiger partial charge is 0.227 e. The second kappa shape index (κ2) is 10.9. The summed E-state index contributed by atoms with van der Waals surface area (Å²) in [7, 11) is -3.39. The van der Waals surface area contributed by atoms with Crippen molar-refractivity contribution in [3.63, 3.8) is 0 Å². The summed E-state index contributed by atoms with van der Waals surface area (Å²) in [5, 5.41) is 12.0. The molecule has 3 aromatic carbocycles. The number of anilines is 1. The largest absolute Gasteiger partial charge is 0.326 e. The number of nitriles is 1. The number of nitrogens with one attached hydrogen (secondary N) is 2. The van der Waals surface area contributed by atoms with Crippen LogP contribution in [0, 0.1) is 17.2 Å². The maximum atomic E-state index is 12.8. The number of rotatable bonds is 6. The van der Waals surface area contributed by atoms with Crippen molar-refractivity contribution in [2.24, 2.45) is 5.92 Å². The van der Waals surface area contributed by atoms with Gasteiger partial charge in [0.25, 0.3) is 0 Å². The van der Waals surface area contributed by atoms with Gasteiger partial charge in [-0.15, -0.1) is 0 Å². The van der Waals surface area contributed by atoms with Crippen LogP contribution in [0.25, 0.3) is 22.3 Å². The highest BCUT2D eigenvalue weighted by atomic mass is 32.2. The molecule has 1 fully saturated rings. The van der Waals surface area contributed by atoms with E-state index in [9.17, 15) is 13.2 Å². The van der Waals surface area contributed by atoms with E-state index in [1.54, 1.807) is 20.8 Å². The Kier molecular flexibility index (Phi) is 7.82. The van der Waals surface area contributed by atoms with E-state index < -0.39 is 14.8 Å². The van der Waals surface area contributed by atoms with Crippen molar-refractivity contribution in [3.8, 4) is 28.3 Å². The first kappa shape index (κ1) is 26.6. The van der Waals surface area contributed by atoms with Gasteiger partial charge in [-0.1, -0.05) is 48.5 Å². The number of carbonyl (C=O) groups is 1. The van der Waals surface area contributed by atoms with Crippen LogP contribution in [-0.4, -0.2) is 25.1 Å². The van der Waals surface area contributed by atoms with Crippen molar-refractivity contribution in [1.29, 1.82) is 5.26 Å². The molecule has 4 rings (SSSR count). The van der Waals surface area contributed by atoms with Crippen LogP contribution in [0.2, 0.25) is 0 Å². The number of nitrogens with zero attached hydrogens (tertiary/aromatic N) is 1. The third-order valence-electron chi connectivity index (χ3n) is 6.94. The van der Waals surface area contributed by atoms with E-state index >= 15 is 0 Å². The van der Waals surface area contributed by atoms with Crippen LogP contribution < -0.4 is 10.0 Å². The van der Waals surface area contributed by atoms with E-state index in [1.165, 1.54) is 0 Å². The fourth-order valence-corrected chi connectivity index (χ4v) is 5.48. The molecule has 0 aromatic heterocycles. The van der Waals surface area contributed by atoms with E-state index in [0.29, 0.717) is 31.2 Å². The number of amides is 1. The van der Waals surface area contributed by atoms with Gasteiger partial charge in [-0.3, -0.25) is 4.79 Å². The molecule has 37 heavy (non-hydrogen) atoms. The van der Waals surface area contributed by atoms with Gasteiger partial charge in [-0.05, 0) is 93.0 Å². The molecule has 1 aliphatic rings. The third kappa shape index (κ3) is 6.46. The van der Waals surface area contributed by atoms with Gasteiger partial charge in [0.15, 0.2) is 0 Å². The molecule has 0 unspecified atom stereocenters. The van der Waals surface area contributed by atoms with E-state index in [-0.39, 0.29) is 17.9 Å². The normalized spacial score (nSPS) is 18.1. The fraction of sp³-hybridized carbons (Fsp3) is 0.333. The minimum atomic E-state index is -3.39. The first-order chi connectivity index (χ1) is 17.6. The van der Waals surface area contributed by atoms with Crippen LogP contribution in [0.1, 0.15) is 52.0 Å². The predicted molar refractivity (Wildman–Crippen MR) is 148 cm³/mol. The molecule has 0 aliphatic heterocycles. The van der Waals surface area contributed by atoms with Crippen molar-refractivity contribution < 1.29 is 13.2 Å². The van der Waals surface area contributed by atoms with Crippen molar-refractivity contribution in [1.82, 2.24) is 4.72 Å². The summed E-state index contributed by atoms with van der Waals surface area (Å²) in [6.07, 6.45) is 2.63. The molecule has 1 aliphatic carbocycles. The summed E-state index contributed by atoms with van der Waals surface area (Å²) in [5.74, 6) is -0.138. The molecule has 0 spiro atoms. The maximum Gasteiger partial charge on any atom is 0.227 e. The number of sulfonamides is 1. The Morgan fingerprint density at radius 3 is 1.65 bits per heavy atom. The Hall–Kier alpha value is -3.47. The van der Waals surface area contributed by atoms with Crippen LogP contribution in [0.5, 0.6) is 0 Å². The van der Waals surface area contributed by atoms with Gasteiger partial charge in [0, 0.05) is 17.6 Å². The molecule has 7 heteroatoms. The Morgan fingerprint density at radius 2 is 1.22 bits per heavy atom. The van der Waals surface area contributed by atoms with Crippen LogP contribution >= 0.6 is 0 Å². The van der Waals surface area contributed by atoms with E-state index in [2.05, 4.69) is 40.4 Å². The van der Waals surface area contributed by atoms with Crippen molar-refractivity contribution in [2.75, 3.05) is 5.32 Å². The van der Waals surface area contributed by atoms with Crippen LogP contribution in [-0.2, 0) is 14.8 Å². The highest BCUT2D eigenvalue weighted by Gasteiger charge is 2.34. The van der Waals surface area contributed by atoms with Crippen molar-refractivity contribution in [3.05, 3.63) is 78.4 Å². The highest BCUT2D eigenvalue weighted by molar-refractivity contribution is 7.90. The zero-order valence-corrected chi connectivity index (χ0v) is 22.3. The van der Waals surface area contributed by atoms with E-state index in [4.69, 9.17) is 5.26 Å². The fourth-order valence-electron chi connectivity index (χ4n) is 4.45.